The van der Waals surface area contributed by atoms with E-state index < -0.39 is 0 Å². The van der Waals surface area contributed by atoms with Gasteiger partial charge in [0, 0.05) is 6.42 Å². The maximum atomic E-state index is 11.9. The summed E-state index contributed by atoms with van der Waals surface area (Å²) in [7, 11) is 0. The molecule has 0 aliphatic carbocycles. The molecule has 6 nitrogen and oxygen atoms in total. The largest absolute Gasteiger partial charge is 0.297 e. The van der Waals surface area contributed by atoms with Gasteiger partial charge in [-0.05, 0) is 12.1 Å². The first kappa shape index (κ1) is 11.8. The third kappa shape index (κ3) is 2.32. The zero-order valence-electron chi connectivity index (χ0n) is 10.2. The highest BCUT2D eigenvalue weighted by molar-refractivity contribution is 7.22. The van der Waals surface area contributed by atoms with Crippen molar-refractivity contribution in [1.82, 2.24) is 20.2 Å². The van der Waals surface area contributed by atoms with Crippen LogP contribution in [-0.4, -0.2) is 26.1 Å². The molecule has 3 aromatic rings. The number of anilines is 1. The minimum atomic E-state index is -0.352. The molecule has 1 amide bonds. The van der Waals surface area contributed by atoms with E-state index in [-0.39, 0.29) is 11.7 Å². The smallest absolute Gasteiger partial charge is 0.295 e. The van der Waals surface area contributed by atoms with Gasteiger partial charge in [0.05, 0.1) is 10.2 Å². The summed E-state index contributed by atoms with van der Waals surface area (Å²) in [5, 5.41) is 9.83. The predicted molar refractivity (Wildman–Crippen MR) is 73.3 cm³/mol. The number of aryl methyl sites for hydroxylation is 1. The van der Waals surface area contributed by atoms with Crippen molar-refractivity contribution in [3.05, 3.63) is 35.9 Å². The predicted octanol–water partition coefficient (Wildman–Crippen LogP) is 2.23. The summed E-state index contributed by atoms with van der Waals surface area (Å²) in [4.78, 5) is 20.3. The lowest BCUT2D eigenvalue weighted by molar-refractivity contribution is 0.101. The molecule has 2 heterocycles. The maximum Gasteiger partial charge on any atom is 0.297 e. The maximum absolute atomic E-state index is 11.9. The number of benzene rings is 1. The highest BCUT2D eigenvalue weighted by atomic mass is 32.1. The fraction of sp³-hybridized carbons (Fsp3) is 0.167. The molecule has 7 heteroatoms. The fourth-order valence-corrected chi connectivity index (χ4v) is 2.49. The second kappa shape index (κ2) is 4.77. The van der Waals surface area contributed by atoms with Gasteiger partial charge in [0.25, 0.3) is 5.91 Å². The van der Waals surface area contributed by atoms with E-state index in [4.69, 9.17) is 0 Å². The van der Waals surface area contributed by atoms with Crippen molar-refractivity contribution in [2.24, 2.45) is 0 Å². The average molecular weight is 273 g/mol. The number of H-pyrrole nitrogens is 1. The number of carbonyl (C=O) groups excluding carboxylic acids is 1. The first-order valence-electron chi connectivity index (χ1n) is 5.84. The second-order valence-electron chi connectivity index (χ2n) is 3.90. The van der Waals surface area contributed by atoms with Crippen LogP contribution < -0.4 is 5.32 Å². The van der Waals surface area contributed by atoms with Gasteiger partial charge in [0.2, 0.25) is 5.82 Å². The Morgan fingerprint density at radius 3 is 2.95 bits per heavy atom. The number of nitrogens with one attached hydrogen (secondary N) is 2. The standard InChI is InChI=1S/C12H11N5OS/c1-2-9-14-10(17-16-9)11(18)15-12-13-7-5-3-4-6-8(7)19-12/h3-6H,2H2,1H3,(H,13,15,18)(H,14,16,17). The second-order valence-corrected chi connectivity index (χ2v) is 4.93. The van der Waals surface area contributed by atoms with E-state index in [1.165, 1.54) is 11.3 Å². The first-order chi connectivity index (χ1) is 9.26. The first-order valence-corrected chi connectivity index (χ1v) is 6.66. The van der Waals surface area contributed by atoms with Crippen LogP contribution >= 0.6 is 11.3 Å². The van der Waals surface area contributed by atoms with Gasteiger partial charge in [-0.1, -0.05) is 30.4 Å². The molecule has 3 rings (SSSR count). The van der Waals surface area contributed by atoms with Gasteiger partial charge in [-0.3, -0.25) is 15.2 Å². The topological polar surface area (TPSA) is 83.6 Å². The molecule has 0 atom stereocenters. The number of thiazole rings is 1. The van der Waals surface area contributed by atoms with E-state index in [1.54, 1.807) is 0 Å². The number of aromatic amines is 1. The van der Waals surface area contributed by atoms with E-state index >= 15 is 0 Å². The third-order valence-corrected chi connectivity index (χ3v) is 3.54. The van der Waals surface area contributed by atoms with Crippen molar-refractivity contribution in [2.75, 3.05) is 5.32 Å². The summed E-state index contributed by atoms with van der Waals surface area (Å²) in [5.74, 6) is 0.473. The molecular formula is C12H11N5OS. The number of para-hydroxylation sites is 1. The lowest BCUT2D eigenvalue weighted by atomic mass is 10.3. The molecule has 2 aromatic heterocycles. The Morgan fingerprint density at radius 1 is 1.37 bits per heavy atom. The van der Waals surface area contributed by atoms with E-state index in [9.17, 15) is 4.79 Å². The van der Waals surface area contributed by atoms with Crippen LogP contribution in [-0.2, 0) is 6.42 Å². The van der Waals surface area contributed by atoms with Crippen LogP contribution in [0, 0.1) is 0 Å². The number of fused-ring (bicyclic) bond motifs is 1. The van der Waals surface area contributed by atoms with Crippen molar-refractivity contribution in [1.29, 1.82) is 0 Å². The van der Waals surface area contributed by atoms with Gasteiger partial charge in [-0.2, -0.15) is 0 Å². The van der Waals surface area contributed by atoms with E-state index in [0.29, 0.717) is 17.4 Å². The summed E-state index contributed by atoms with van der Waals surface area (Å²) in [5.41, 5.74) is 0.868. The molecule has 0 aliphatic heterocycles. The summed E-state index contributed by atoms with van der Waals surface area (Å²) in [6, 6.07) is 7.72. The lowest BCUT2D eigenvalue weighted by Gasteiger charge is -1.95. The molecule has 1 aromatic carbocycles. The number of hydrogen-bond donors (Lipinski definition) is 2. The Balaban J connectivity index is 1.82. The normalized spacial score (nSPS) is 10.8. The van der Waals surface area contributed by atoms with Crippen molar-refractivity contribution in [2.45, 2.75) is 13.3 Å². The zero-order valence-corrected chi connectivity index (χ0v) is 11.0. The highest BCUT2D eigenvalue weighted by Crippen LogP contribution is 2.25. The minimum Gasteiger partial charge on any atom is -0.295 e. The Kier molecular flexibility index (Phi) is 2.96. The van der Waals surface area contributed by atoms with Crippen molar-refractivity contribution < 1.29 is 4.79 Å². The number of hydrogen-bond acceptors (Lipinski definition) is 5. The van der Waals surface area contributed by atoms with Crippen LogP contribution in [0.1, 0.15) is 23.4 Å². The molecule has 0 unspecified atom stereocenters. The number of amides is 1. The highest BCUT2D eigenvalue weighted by Gasteiger charge is 2.14. The van der Waals surface area contributed by atoms with Gasteiger partial charge in [0.15, 0.2) is 5.13 Å². The molecule has 96 valence electrons. The summed E-state index contributed by atoms with van der Waals surface area (Å²) < 4.78 is 1.03. The van der Waals surface area contributed by atoms with Crippen molar-refractivity contribution >= 4 is 32.6 Å². The summed E-state index contributed by atoms with van der Waals surface area (Å²) in [6.45, 7) is 1.94. The molecule has 0 saturated heterocycles. The summed E-state index contributed by atoms with van der Waals surface area (Å²) in [6.07, 6.45) is 0.710. The molecule has 2 N–H and O–H groups in total. The van der Waals surface area contributed by atoms with Crippen LogP contribution in [0.4, 0.5) is 5.13 Å². The number of carbonyl (C=O) groups is 1. The molecule has 19 heavy (non-hydrogen) atoms. The Bertz CT molecular complexity index is 699. The monoisotopic (exact) mass is 273 g/mol. The molecule has 0 saturated carbocycles. The summed E-state index contributed by atoms with van der Waals surface area (Å²) >= 11 is 1.42. The van der Waals surface area contributed by atoms with Gasteiger partial charge in [0.1, 0.15) is 5.82 Å². The zero-order chi connectivity index (χ0) is 13.2. The number of aromatic nitrogens is 4. The molecule has 0 aliphatic rings. The molecular weight excluding hydrogens is 262 g/mol. The Morgan fingerprint density at radius 2 is 2.21 bits per heavy atom. The quantitative estimate of drug-likeness (QED) is 0.766. The van der Waals surface area contributed by atoms with Crippen LogP contribution in [0.5, 0.6) is 0 Å². The molecule has 0 spiro atoms. The van der Waals surface area contributed by atoms with Crippen LogP contribution in [0.3, 0.4) is 0 Å². The number of rotatable bonds is 3. The molecule has 0 fully saturated rings. The van der Waals surface area contributed by atoms with E-state index in [2.05, 4.69) is 25.5 Å². The van der Waals surface area contributed by atoms with Gasteiger partial charge < -0.3 is 0 Å². The van der Waals surface area contributed by atoms with Crippen LogP contribution in [0.25, 0.3) is 10.2 Å². The van der Waals surface area contributed by atoms with Crippen LogP contribution in [0.2, 0.25) is 0 Å². The van der Waals surface area contributed by atoms with Gasteiger partial charge >= 0.3 is 0 Å². The Labute approximate surface area is 112 Å². The third-order valence-electron chi connectivity index (χ3n) is 2.58. The lowest BCUT2D eigenvalue weighted by Crippen LogP contribution is -2.13. The average Bonchev–Trinajstić information content (AvgIpc) is 3.04. The SMILES string of the molecule is CCc1nc(C(=O)Nc2nc3ccccc3s2)n[nH]1. The van der Waals surface area contributed by atoms with Crippen molar-refractivity contribution in [3.8, 4) is 0 Å². The number of nitrogens with zero attached hydrogens (tertiary/aromatic N) is 3. The molecule has 0 radical (unpaired) electrons. The van der Waals surface area contributed by atoms with Gasteiger partial charge in [-0.25, -0.2) is 9.97 Å². The van der Waals surface area contributed by atoms with Gasteiger partial charge in [-0.15, -0.1) is 5.10 Å². The molecule has 0 bridgehead atoms. The van der Waals surface area contributed by atoms with E-state index in [1.807, 2.05) is 31.2 Å². The fourth-order valence-electron chi connectivity index (χ4n) is 1.63. The van der Waals surface area contributed by atoms with Crippen LogP contribution in [0.15, 0.2) is 24.3 Å². The van der Waals surface area contributed by atoms with E-state index in [0.717, 1.165) is 10.2 Å². The Hall–Kier alpha value is -2.28. The van der Waals surface area contributed by atoms with Crippen molar-refractivity contribution in [3.63, 3.8) is 0 Å². The minimum absolute atomic E-state index is 0.135.